The van der Waals surface area contributed by atoms with Gasteiger partial charge in [-0.3, -0.25) is 9.78 Å². The lowest BCUT2D eigenvalue weighted by Crippen LogP contribution is -2.44. The average molecular weight is 351 g/mol. The molecule has 1 aromatic heterocycles. The van der Waals surface area contributed by atoms with Crippen molar-refractivity contribution in [2.24, 2.45) is 17.8 Å². The summed E-state index contributed by atoms with van der Waals surface area (Å²) in [5, 5.41) is 0. The van der Waals surface area contributed by atoms with Gasteiger partial charge < -0.3 is 4.90 Å². The number of nitrogens with one attached hydrogen (secondary N) is 1. The van der Waals surface area contributed by atoms with E-state index in [2.05, 4.69) is 16.6 Å². The van der Waals surface area contributed by atoms with Crippen molar-refractivity contribution in [2.75, 3.05) is 18.8 Å². The van der Waals surface area contributed by atoms with Crippen LogP contribution < -0.4 is 4.72 Å². The van der Waals surface area contributed by atoms with Gasteiger partial charge in [0, 0.05) is 25.2 Å². The van der Waals surface area contributed by atoms with Crippen LogP contribution in [0.15, 0.2) is 24.4 Å². The van der Waals surface area contributed by atoms with Crippen molar-refractivity contribution < 1.29 is 13.2 Å². The van der Waals surface area contributed by atoms with Crippen LogP contribution in [-0.2, 0) is 21.4 Å². The van der Waals surface area contributed by atoms with Crippen LogP contribution in [0.25, 0.3) is 0 Å². The molecule has 1 amide bonds. The fourth-order valence-electron chi connectivity index (χ4n) is 3.36. The van der Waals surface area contributed by atoms with Gasteiger partial charge in [-0.2, -0.15) is 0 Å². The average Bonchev–Trinajstić information content (AvgIpc) is 3.30. The van der Waals surface area contributed by atoms with Crippen LogP contribution >= 0.6 is 0 Å². The Morgan fingerprint density at radius 3 is 2.88 bits per heavy atom. The summed E-state index contributed by atoms with van der Waals surface area (Å²) in [6, 6.07) is 5.42. The number of rotatable bonds is 6. The monoisotopic (exact) mass is 351 g/mol. The summed E-state index contributed by atoms with van der Waals surface area (Å²) in [4.78, 5) is 18.3. The van der Waals surface area contributed by atoms with Crippen molar-refractivity contribution in [1.29, 1.82) is 0 Å². The number of nitrogens with zero attached hydrogens (tertiary/aromatic N) is 2. The molecule has 1 saturated heterocycles. The van der Waals surface area contributed by atoms with E-state index in [0.717, 1.165) is 25.8 Å². The van der Waals surface area contributed by atoms with Gasteiger partial charge in [0.05, 0.1) is 18.0 Å². The van der Waals surface area contributed by atoms with Gasteiger partial charge in [-0.25, -0.2) is 13.1 Å². The Labute approximate surface area is 143 Å². The maximum atomic E-state index is 12.3. The number of sulfonamides is 1. The van der Waals surface area contributed by atoms with Crippen molar-refractivity contribution in [1.82, 2.24) is 14.6 Å². The van der Waals surface area contributed by atoms with Crippen molar-refractivity contribution >= 4 is 15.9 Å². The van der Waals surface area contributed by atoms with E-state index in [9.17, 15) is 13.2 Å². The maximum Gasteiger partial charge on any atom is 0.225 e. The number of piperidine rings is 1. The molecule has 2 aliphatic rings. The Bertz CT molecular complexity index is 678. The molecule has 132 valence electrons. The lowest BCUT2D eigenvalue weighted by molar-refractivity contribution is -0.134. The zero-order valence-electron chi connectivity index (χ0n) is 14.0. The van der Waals surface area contributed by atoms with Crippen LogP contribution in [0.5, 0.6) is 0 Å². The van der Waals surface area contributed by atoms with E-state index in [-0.39, 0.29) is 30.0 Å². The fourth-order valence-corrected chi connectivity index (χ4v) is 4.74. The molecule has 2 fully saturated rings. The first-order valence-electron chi connectivity index (χ1n) is 8.60. The van der Waals surface area contributed by atoms with Gasteiger partial charge >= 0.3 is 0 Å². The van der Waals surface area contributed by atoms with Gasteiger partial charge in [0.1, 0.15) is 0 Å². The summed E-state index contributed by atoms with van der Waals surface area (Å²) in [5.74, 6) is 0.956. The minimum absolute atomic E-state index is 0.0120. The first kappa shape index (κ1) is 17.4. The van der Waals surface area contributed by atoms with Crippen LogP contribution in [0.4, 0.5) is 0 Å². The van der Waals surface area contributed by atoms with Crippen molar-refractivity contribution in [3.05, 3.63) is 30.1 Å². The van der Waals surface area contributed by atoms with Gasteiger partial charge in [0.2, 0.25) is 15.9 Å². The van der Waals surface area contributed by atoms with E-state index < -0.39 is 10.0 Å². The van der Waals surface area contributed by atoms with E-state index in [1.54, 1.807) is 18.3 Å². The van der Waals surface area contributed by atoms with Gasteiger partial charge in [-0.1, -0.05) is 13.0 Å². The number of amides is 1. The molecule has 1 aliphatic carbocycles. The molecule has 0 spiro atoms. The standard InChI is InChI=1S/C17H25N3O3S/c1-13-9-16(13)17(21)20-8-4-5-14(11-20)12-24(22,23)19-10-15-6-2-3-7-18-15/h2-3,6-7,13-14,16,19H,4-5,8-12H2,1H3/t13-,14-,16-/m1/s1. The van der Waals surface area contributed by atoms with Gasteiger partial charge in [-0.15, -0.1) is 0 Å². The van der Waals surface area contributed by atoms with E-state index in [0.29, 0.717) is 18.2 Å². The summed E-state index contributed by atoms with van der Waals surface area (Å²) in [6.45, 7) is 3.63. The Kier molecular flexibility index (Phi) is 5.20. The van der Waals surface area contributed by atoms with Crippen molar-refractivity contribution in [3.63, 3.8) is 0 Å². The highest BCUT2D eigenvalue weighted by Gasteiger charge is 2.42. The summed E-state index contributed by atoms with van der Waals surface area (Å²) in [7, 11) is -3.37. The number of hydrogen-bond donors (Lipinski definition) is 1. The normalized spacial score (nSPS) is 27.0. The second-order valence-corrected chi connectivity index (χ2v) is 8.89. The van der Waals surface area contributed by atoms with Crippen molar-refractivity contribution in [3.8, 4) is 0 Å². The Hall–Kier alpha value is -1.47. The van der Waals surface area contributed by atoms with Crippen LogP contribution in [0.2, 0.25) is 0 Å². The second-order valence-electron chi connectivity index (χ2n) is 7.04. The molecule has 1 saturated carbocycles. The second kappa shape index (κ2) is 7.19. The smallest absolute Gasteiger partial charge is 0.225 e. The third kappa shape index (κ3) is 4.54. The first-order chi connectivity index (χ1) is 11.4. The number of hydrogen-bond acceptors (Lipinski definition) is 4. The molecule has 0 unspecified atom stereocenters. The number of likely N-dealkylation sites (tertiary alicyclic amines) is 1. The third-order valence-electron chi connectivity index (χ3n) is 4.91. The molecule has 7 heteroatoms. The minimum atomic E-state index is -3.37. The molecule has 3 atom stereocenters. The molecule has 3 rings (SSSR count). The molecule has 6 nitrogen and oxygen atoms in total. The number of carbonyl (C=O) groups excluding carboxylic acids is 1. The van der Waals surface area contributed by atoms with Gasteiger partial charge in [-0.05, 0) is 43.2 Å². The maximum absolute atomic E-state index is 12.3. The van der Waals surface area contributed by atoms with Gasteiger partial charge in [0.25, 0.3) is 0 Å². The summed E-state index contributed by atoms with van der Waals surface area (Å²) < 4.78 is 27.2. The minimum Gasteiger partial charge on any atom is -0.342 e. The fraction of sp³-hybridized carbons (Fsp3) is 0.647. The number of aromatic nitrogens is 1. The Morgan fingerprint density at radius 1 is 1.42 bits per heavy atom. The van der Waals surface area contributed by atoms with Crippen LogP contribution in [0, 0.1) is 17.8 Å². The van der Waals surface area contributed by atoms with Crippen LogP contribution in [-0.4, -0.2) is 43.1 Å². The quantitative estimate of drug-likeness (QED) is 0.840. The lowest BCUT2D eigenvalue weighted by atomic mass is 9.99. The van der Waals surface area contributed by atoms with E-state index in [4.69, 9.17) is 0 Å². The van der Waals surface area contributed by atoms with Crippen LogP contribution in [0.3, 0.4) is 0 Å². The molecule has 2 heterocycles. The largest absolute Gasteiger partial charge is 0.342 e. The predicted octanol–water partition coefficient (Wildman–Crippen LogP) is 1.40. The Morgan fingerprint density at radius 2 is 2.21 bits per heavy atom. The number of pyridine rings is 1. The van der Waals surface area contributed by atoms with E-state index >= 15 is 0 Å². The van der Waals surface area contributed by atoms with Gasteiger partial charge in [0.15, 0.2) is 0 Å². The molecule has 1 aliphatic heterocycles. The highest BCUT2D eigenvalue weighted by Crippen LogP contribution is 2.39. The summed E-state index contributed by atoms with van der Waals surface area (Å²) >= 11 is 0. The highest BCUT2D eigenvalue weighted by molar-refractivity contribution is 7.89. The zero-order chi connectivity index (χ0) is 17.2. The Balaban J connectivity index is 1.51. The van der Waals surface area contributed by atoms with E-state index in [1.165, 1.54) is 0 Å². The summed E-state index contributed by atoms with van der Waals surface area (Å²) in [5.41, 5.74) is 0.698. The van der Waals surface area contributed by atoms with E-state index in [1.807, 2.05) is 11.0 Å². The molecule has 0 radical (unpaired) electrons. The molecule has 0 bridgehead atoms. The van der Waals surface area contributed by atoms with Crippen LogP contribution in [0.1, 0.15) is 31.9 Å². The molecule has 24 heavy (non-hydrogen) atoms. The SMILES string of the molecule is C[C@@H]1C[C@H]1C(=O)N1CCC[C@@H](CS(=O)(=O)NCc2ccccn2)C1. The lowest BCUT2D eigenvalue weighted by Gasteiger charge is -2.33. The highest BCUT2D eigenvalue weighted by atomic mass is 32.2. The molecule has 0 aromatic carbocycles. The first-order valence-corrected chi connectivity index (χ1v) is 10.3. The molecular formula is C17H25N3O3S. The molecule has 1 aromatic rings. The number of carbonyl (C=O) groups is 1. The predicted molar refractivity (Wildman–Crippen MR) is 91.4 cm³/mol. The zero-order valence-corrected chi connectivity index (χ0v) is 14.8. The summed E-state index contributed by atoms with van der Waals surface area (Å²) in [6.07, 6.45) is 4.36. The molecule has 1 N–H and O–H groups in total. The third-order valence-corrected chi connectivity index (χ3v) is 6.41. The molecular weight excluding hydrogens is 326 g/mol. The topological polar surface area (TPSA) is 79.4 Å². The van der Waals surface area contributed by atoms with Crippen molar-refractivity contribution in [2.45, 2.75) is 32.7 Å².